The van der Waals surface area contributed by atoms with Crippen molar-refractivity contribution in [3.8, 4) is 6.07 Å². The van der Waals surface area contributed by atoms with Crippen molar-refractivity contribution < 1.29 is 0 Å². The van der Waals surface area contributed by atoms with E-state index < -0.39 is 0 Å². The van der Waals surface area contributed by atoms with Crippen LogP contribution in [-0.4, -0.2) is 17.5 Å². The van der Waals surface area contributed by atoms with Crippen LogP contribution in [0.4, 0.5) is 0 Å². The molecular weight excluding hydrogens is 220 g/mol. The average molecular weight is 235 g/mol. The van der Waals surface area contributed by atoms with E-state index in [-0.39, 0.29) is 0 Å². The summed E-state index contributed by atoms with van der Waals surface area (Å²) in [6.45, 7) is 1.72. The van der Waals surface area contributed by atoms with E-state index in [1.54, 1.807) is 0 Å². The number of rotatable bonds is 5. The molecule has 0 aromatic heterocycles. The first-order valence-corrected chi connectivity index (χ1v) is 6.03. The first-order chi connectivity index (χ1) is 7.81. The van der Waals surface area contributed by atoms with Crippen LogP contribution in [0.2, 0.25) is 5.02 Å². The zero-order valence-electron chi connectivity index (χ0n) is 9.19. The predicted octanol–water partition coefficient (Wildman–Crippen LogP) is 3.22. The molecule has 0 atom stereocenters. The van der Waals surface area contributed by atoms with Gasteiger partial charge in [-0.15, -0.1) is 0 Å². The van der Waals surface area contributed by atoms with Crippen LogP contribution in [0.5, 0.6) is 0 Å². The SMILES string of the molecule is N#CCCN(Cc1ccccc1Cl)C1CC1. The molecule has 16 heavy (non-hydrogen) atoms. The van der Waals surface area contributed by atoms with E-state index in [0.29, 0.717) is 12.5 Å². The van der Waals surface area contributed by atoms with E-state index in [1.165, 1.54) is 12.8 Å². The quantitative estimate of drug-likeness (QED) is 0.782. The molecule has 0 bridgehead atoms. The van der Waals surface area contributed by atoms with Crippen molar-refractivity contribution in [2.45, 2.75) is 31.8 Å². The van der Waals surface area contributed by atoms with Gasteiger partial charge in [-0.25, -0.2) is 0 Å². The number of hydrogen-bond acceptors (Lipinski definition) is 2. The van der Waals surface area contributed by atoms with Gasteiger partial charge in [-0.3, -0.25) is 4.90 Å². The number of nitriles is 1. The second-order valence-electron chi connectivity index (χ2n) is 4.20. The van der Waals surface area contributed by atoms with Crippen molar-refractivity contribution in [3.05, 3.63) is 34.9 Å². The second-order valence-corrected chi connectivity index (χ2v) is 4.61. The highest BCUT2D eigenvalue weighted by Crippen LogP contribution is 2.29. The number of benzene rings is 1. The summed E-state index contributed by atoms with van der Waals surface area (Å²) in [7, 11) is 0. The predicted molar refractivity (Wildman–Crippen MR) is 65.1 cm³/mol. The fourth-order valence-corrected chi connectivity index (χ4v) is 2.06. The summed E-state index contributed by atoms with van der Waals surface area (Å²) in [5, 5.41) is 9.46. The van der Waals surface area contributed by atoms with Crippen molar-refractivity contribution in [1.82, 2.24) is 4.90 Å². The maximum atomic E-state index is 8.64. The lowest BCUT2D eigenvalue weighted by atomic mass is 10.2. The zero-order chi connectivity index (χ0) is 11.4. The molecule has 0 aliphatic heterocycles. The first kappa shape index (κ1) is 11.4. The number of nitrogens with zero attached hydrogens (tertiary/aromatic N) is 2. The minimum absolute atomic E-state index is 0.598. The Morgan fingerprint density at radius 3 is 2.75 bits per heavy atom. The van der Waals surface area contributed by atoms with Gasteiger partial charge in [0.1, 0.15) is 0 Å². The van der Waals surface area contributed by atoms with Crippen molar-refractivity contribution >= 4 is 11.6 Å². The lowest BCUT2D eigenvalue weighted by molar-refractivity contribution is 0.261. The molecule has 0 heterocycles. The molecule has 1 aromatic rings. The Morgan fingerprint density at radius 2 is 2.12 bits per heavy atom. The van der Waals surface area contributed by atoms with Gasteiger partial charge in [0, 0.05) is 30.6 Å². The van der Waals surface area contributed by atoms with E-state index in [1.807, 2.05) is 18.2 Å². The Hall–Kier alpha value is -1.04. The largest absolute Gasteiger partial charge is 0.295 e. The standard InChI is InChI=1S/C13H15ClN2/c14-13-5-2-1-4-11(13)10-16(9-3-8-15)12-6-7-12/h1-2,4-5,12H,3,6-7,9-10H2. The molecule has 1 aliphatic carbocycles. The molecule has 3 heteroatoms. The molecule has 2 rings (SSSR count). The summed E-state index contributed by atoms with van der Waals surface area (Å²) in [4.78, 5) is 2.37. The first-order valence-electron chi connectivity index (χ1n) is 5.65. The Bertz CT molecular complexity index is 393. The highest BCUT2D eigenvalue weighted by atomic mass is 35.5. The van der Waals surface area contributed by atoms with Crippen LogP contribution < -0.4 is 0 Å². The van der Waals surface area contributed by atoms with Crippen LogP contribution in [0.3, 0.4) is 0 Å². The molecule has 0 unspecified atom stereocenters. The summed E-state index contributed by atoms with van der Waals surface area (Å²) in [5.74, 6) is 0. The Kier molecular flexibility index (Phi) is 3.82. The highest BCUT2D eigenvalue weighted by Gasteiger charge is 2.28. The monoisotopic (exact) mass is 234 g/mol. The van der Waals surface area contributed by atoms with E-state index in [9.17, 15) is 0 Å². The molecule has 0 radical (unpaired) electrons. The smallest absolute Gasteiger partial charge is 0.0635 e. The van der Waals surface area contributed by atoms with Gasteiger partial charge in [0.25, 0.3) is 0 Å². The van der Waals surface area contributed by atoms with Crippen LogP contribution in [-0.2, 0) is 6.54 Å². The van der Waals surface area contributed by atoms with E-state index in [4.69, 9.17) is 16.9 Å². The average Bonchev–Trinajstić information content (AvgIpc) is 3.10. The van der Waals surface area contributed by atoms with Gasteiger partial charge in [0.05, 0.1) is 6.07 Å². The molecule has 1 aromatic carbocycles. The van der Waals surface area contributed by atoms with E-state index in [0.717, 1.165) is 23.7 Å². The minimum Gasteiger partial charge on any atom is -0.295 e. The van der Waals surface area contributed by atoms with Gasteiger partial charge < -0.3 is 0 Å². The molecule has 1 saturated carbocycles. The number of hydrogen-bond donors (Lipinski definition) is 0. The highest BCUT2D eigenvalue weighted by molar-refractivity contribution is 6.31. The van der Waals surface area contributed by atoms with Crippen LogP contribution in [0, 0.1) is 11.3 Å². The van der Waals surface area contributed by atoms with Gasteiger partial charge in [-0.1, -0.05) is 29.8 Å². The lowest BCUT2D eigenvalue weighted by Gasteiger charge is -2.21. The Morgan fingerprint density at radius 1 is 1.38 bits per heavy atom. The third kappa shape index (κ3) is 2.98. The van der Waals surface area contributed by atoms with Crippen LogP contribution in [0.15, 0.2) is 24.3 Å². The topological polar surface area (TPSA) is 27.0 Å². The molecule has 84 valence electrons. The fraction of sp³-hybridized carbons (Fsp3) is 0.462. The minimum atomic E-state index is 0.598. The molecular formula is C13H15ClN2. The summed E-state index contributed by atoms with van der Waals surface area (Å²) in [6, 6.07) is 10.8. The van der Waals surface area contributed by atoms with Crippen molar-refractivity contribution in [1.29, 1.82) is 5.26 Å². The molecule has 0 N–H and O–H groups in total. The lowest BCUT2D eigenvalue weighted by Crippen LogP contribution is -2.26. The molecule has 1 aliphatic rings. The van der Waals surface area contributed by atoms with Gasteiger partial charge in [-0.05, 0) is 24.5 Å². The third-order valence-corrected chi connectivity index (χ3v) is 3.27. The fourth-order valence-electron chi connectivity index (χ4n) is 1.87. The van der Waals surface area contributed by atoms with Crippen molar-refractivity contribution in [2.75, 3.05) is 6.54 Å². The van der Waals surface area contributed by atoms with Gasteiger partial charge >= 0.3 is 0 Å². The maximum Gasteiger partial charge on any atom is 0.0635 e. The Balaban J connectivity index is 2.00. The third-order valence-electron chi connectivity index (χ3n) is 2.91. The van der Waals surface area contributed by atoms with Gasteiger partial charge in [0.2, 0.25) is 0 Å². The normalized spacial score (nSPS) is 15.1. The summed E-state index contributed by atoms with van der Waals surface area (Å²) in [5.41, 5.74) is 1.16. The van der Waals surface area contributed by atoms with E-state index >= 15 is 0 Å². The maximum absolute atomic E-state index is 8.64. The summed E-state index contributed by atoms with van der Waals surface area (Å²) >= 11 is 6.14. The molecule has 0 amide bonds. The number of halogens is 1. The van der Waals surface area contributed by atoms with Gasteiger partial charge in [0.15, 0.2) is 0 Å². The van der Waals surface area contributed by atoms with Crippen LogP contribution >= 0.6 is 11.6 Å². The molecule has 2 nitrogen and oxygen atoms in total. The molecule has 0 spiro atoms. The van der Waals surface area contributed by atoms with Crippen molar-refractivity contribution in [2.24, 2.45) is 0 Å². The Labute approximate surface area is 101 Å². The van der Waals surface area contributed by atoms with Crippen LogP contribution in [0.1, 0.15) is 24.8 Å². The van der Waals surface area contributed by atoms with E-state index in [2.05, 4.69) is 17.0 Å². The van der Waals surface area contributed by atoms with Gasteiger partial charge in [-0.2, -0.15) is 5.26 Å². The molecule has 0 saturated heterocycles. The second kappa shape index (κ2) is 5.34. The van der Waals surface area contributed by atoms with Crippen LogP contribution in [0.25, 0.3) is 0 Å². The summed E-state index contributed by atoms with van der Waals surface area (Å²) in [6.07, 6.45) is 3.12. The van der Waals surface area contributed by atoms with Crippen molar-refractivity contribution in [3.63, 3.8) is 0 Å². The zero-order valence-corrected chi connectivity index (χ0v) is 9.95. The summed E-state index contributed by atoms with van der Waals surface area (Å²) < 4.78 is 0. The molecule has 1 fully saturated rings.